The minimum Gasteiger partial charge on any atom is -0.508 e. The van der Waals surface area contributed by atoms with E-state index < -0.39 is 11.7 Å². The van der Waals surface area contributed by atoms with Gasteiger partial charge in [-0.3, -0.25) is 4.79 Å². The highest BCUT2D eigenvalue weighted by atomic mass is 35.5. The quantitative estimate of drug-likeness (QED) is 0.693. The van der Waals surface area contributed by atoms with E-state index in [1.807, 2.05) is 25.7 Å². The normalized spacial score (nSPS) is 21.0. The molecule has 1 aliphatic carbocycles. The van der Waals surface area contributed by atoms with Gasteiger partial charge in [0.15, 0.2) is 0 Å². The summed E-state index contributed by atoms with van der Waals surface area (Å²) in [4.78, 5) is 27.5. The molecule has 0 bridgehead atoms. The molecule has 9 heteroatoms. The van der Waals surface area contributed by atoms with E-state index in [-0.39, 0.29) is 23.6 Å². The molecule has 1 aromatic heterocycles. The molecule has 4 rings (SSSR count). The molecule has 2 aliphatic rings. The van der Waals surface area contributed by atoms with Crippen molar-refractivity contribution in [3.63, 3.8) is 0 Å². The maximum absolute atomic E-state index is 13.2. The number of carbonyl (C=O) groups excluding carboxylic acids is 2. The molecule has 32 heavy (non-hydrogen) atoms. The lowest BCUT2D eigenvalue weighted by Gasteiger charge is -2.31. The summed E-state index contributed by atoms with van der Waals surface area (Å²) in [6.07, 6.45) is 4.58. The second-order valence-electron chi connectivity index (χ2n) is 9.53. The molecular weight excluding hydrogens is 453 g/mol. The van der Waals surface area contributed by atoms with Gasteiger partial charge in [0.25, 0.3) is 0 Å². The second-order valence-corrected chi connectivity index (χ2v) is 10.3. The number of halogens is 2. The van der Waals surface area contributed by atoms with E-state index in [4.69, 9.17) is 27.9 Å². The number of ether oxygens (including phenoxy) is 1. The molecule has 0 spiro atoms. The molecule has 1 aliphatic heterocycles. The number of amides is 1. The van der Waals surface area contributed by atoms with E-state index in [2.05, 4.69) is 5.10 Å². The standard InChI is InChI=1S/C23H27Cl2N3O4/c1-23(2,3)32-22(31)28-12-14-8-15(4-5-20(14)26-28)27-7-6-13(21(27)30)9-17-18(24)10-16(29)11-19(17)25/h10-13,15,29H,4-9H2,1-3H3/t13-,15-/m0/s1. The van der Waals surface area contributed by atoms with Gasteiger partial charge in [-0.25, -0.2) is 4.79 Å². The number of aryl methyl sites for hydroxylation is 1. The van der Waals surface area contributed by atoms with E-state index in [9.17, 15) is 14.7 Å². The molecule has 172 valence electrons. The van der Waals surface area contributed by atoms with Crippen molar-refractivity contribution in [1.29, 1.82) is 0 Å². The van der Waals surface area contributed by atoms with Gasteiger partial charge in [-0.05, 0) is 76.1 Å². The minimum absolute atomic E-state index is 0.00747. The zero-order valence-corrected chi connectivity index (χ0v) is 19.9. The van der Waals surface area contributed by atoms with Crippen molar-refractivity contribution in [3.05, 3.63) is 45.2 Å². The van der Waals surface area contributed by atoms with Gasteiger partial charge in [-0.15, -0.1) is 0 Å². The van der Waals surface area contributed by atoms with Crippen molar-refractivity contribution < 1.29 is 19.4 Å². The first kappa shape index (κ1) is 22.9. The predicted octanol–water partition coefficient (Wildman–Crippen LogP) is 4.63. The number of phenols is 1. The first-order chi connectivity index (χ1) is 15.0. The number of phenolic OH excluding ortho intramolecular Hbond substituents is 1. The fourth-order valence-electron chi connectivity index (χ4n) is 4.50. The molecule has 0 saturated carbocycles. The number of aromatic hydroxyl groups is 1. The van der Waals surface area contributed by atoms with Gasteiger partial charge in [0, 0.05) is 34.7 Å². The van der Waals surface area contributed by atoms with Gasteiger partial charge in [-0.2, -0.15) is 9.78 Å². The molecule has 1 amide bonds. The Balaban J connectivity index is 1.43. The average molecular weight is 480 g/mol. The van der Waals surface area contributed by atoms with Crippen LogP contribution >= 0.6 is 23.2 Å². The Morgan fingerprint density at radius 1 is 1.25 bits per heavy atom. The van der Waals surface area contributed by atoms with Crippen molar-refractivity contribution >= 4 is 35.2 Å². The Morgan fingerprint density at radius 2 is 1.94 bits per heavy atom. The van der Waals surface area contributed by atoms with Crippen molar-refractivity contribution in [3.8, 4) is 5.75 Å². The molecular formula is C23H27Cl2N3O4. The zero-order chi connectivity index (χ0) is 23.2. The lowest BCUT2D eigenvalue weighted by molar-refractivity contribution is -0.133. The largest absolute Gasteiger partial charge is 0.508 e. The Hall–Kier alpha value is -2.25. The van der Waals surface area contributed by atoms with Crippen LogP contribution in [-0.2, 0) is 28.8 Å². The molecule has 1 saturated heterocycles. The Labute approximate surface area is 197 Å². The molecule has 1 aromatic carbocycles. The van der Waals surface area contributed by atoms with Gasteiger partial charge in [0.1, 0.15) is 11.4 Å². The van der Waals surface area contributed by atoms with E-state index >= 15 is 0 Å². The fraction of sp³-hybridized carbons (Fsp3) is 0.522. The molecule has 1 N–H and O–H groups in total. The van der Waals surface area contributed by atoms with Crippen LogP contribution in [0, 0.1) is 5.92 Å². The summed E-state index contributed by atoms with van der Waals surface area (Å²) in [7, 11) is 0. The number of aromatic nitrogens is 2. The zero-order valence-electron chi connectivity index (χ0n) is 18.4. The highest BCUT2D eigenvalue weighted by Crippen LogP contribution is 2.35. The summed E-state index contributed by atoms with van der Waals surface area (Å²) in [6, 6.07) is 2.97. The van der Waals surface area contributed by atoms with Crippen molar-refractivity contribution in [2.24, 2.45) is 5.92 Å². The Bertz CT molecular complexity index is 1040. The van der Waals surface area contributed by atoms with Gasteiger partial charge >= 0.3 is 6.09 Å². The number of hydrogen-bond acceptors (Lipinski definition) is 5. The maximum atomic E-state index is 13.2. The van der Waals surface area contributed by atoms with Crippen LogP contribution in [-0.4, -0.2) is 50.0 Å². The van der Waals surface area contributed by atoms with Crippen molar-refractivity contribution in [1.82, 2.24) is 14.7 Å². The first-order valence-electron chi connectivity index (χ1n) is 10.8. The smallest absolute Gasteiger partial charge is 0.435 e. The van der Waals surface area contributed by atoms with E-state index in [0.29, 0.717) is 41.4 Å². The van der Waals surface area contributed by atoms with Crippen LogP contribution in [0.1, 0.15) is 50.4 Å². The van der Waals surface area contributed by atoms with E-state index in [0.717, 1.165) is 24.1 Å². The van der Waals surface area contributed by atoms with Crippen LogP contribution in [0.5, 0.6) is 5.75 Å². The van der Waals surface area contributed by atoms with Crippen LogP contribution in [0.3, 0.4) is 0 Å². The summed E-state index contributed by atoms with van der Waals surface area (Å²) in [5, 5.41) is 14.8. The molecule has 1 fully saturated rings. The van der Waals surface area contributed by atoms with Gasteiger partial charge in [-0.1, -0.05) is 23.2 Å². The number of hydrogen-bond donors (Lipinski definition) is 1. The monoisotopic (exact) mass is 479 g/mol. The predicted molar refractivity (Wildman–Crippen MR) is 121 cm³/mol. The summed E-state index contributed by atoms with van der Waals surface area (Å²) < 4.78 is 6.67. The van der Waals surface area contributed by atoms with Crippen molar-refractivity contribution in [2.75, 3.05) is 6.54 Å². The van der Waals surface area contributed by atoms with Crippen molar-refractivity contribution in [2.45, 2.75) is 64.5 Å². The number of rotatable bonds is 3. The van der Waals surface area contributed by atoms with Gasteiger partial charge < -0.3 is 14.7 Å². The highest BCUT2D eigenvalue weighted by Gasteiger charge is 2.38. The molecule has 2 atom stereocenters. The minimum atomic E-state index is -0.591. The molecule has 0 radical (unpaired) electrons. The lowest BCUT2D eigenvalue weighted by Crippen LogP contribution is -2.41. The number of carbonyl (C=O) groups is 2. The van der Waals surface area contributed by atoms with Crippen LogP contribution in [0.2, 0.25) is 10.0 Å². The highest BCUT2D eigenvalue weighted by molar-refractivity contribution is 6.36. The fourth-order valence-corrected chi connectivity index (χ4v) is 5.13. The summed E-state index contributed by atoms with van der Waals surface area (Å²) in [5.74, 6) is -0.0910. The van der Waals surface area contributed by atoms with Crippen LogP contribution in [0.25, 0.3) is 0 Å². The summed E-state index contributed by atoms with van der Waals surface area (Å²) >= 11 is 12.5. The third kappa shape index (κ3) is 4.74. The second kappa shape index (κ2) is 8.60. The SMILES string of the molecule is CC(C)(C)OC(=O)n1cc2c(n1)CC[C@H](N1CC[C@@H](Cc3c(Cl)cc(O)cc3Cl)C1=O)C2. The molecule has 2 heterocycles. The van der Waals surface area contributed by atoms with Gasteiger partial charge in [0.2, 0.25) is 5.91 Å². The molecule has 2 aromatic rings. The lowest BCUT2D eigenvalue weighted by atomic mass is 9.92. The topological polar surface area (TPSA) is 84.7 Å². The molecule has 0 unspecified atom stereocenters. The number of fused-ring (bicyclic) bond motifs is 1. The Morgan fingerprint density at radius 3 is 2.59 bits per heavy atom. The number of likely N-dealkylation sites (tertiary alicyclic amines) is 1. The number of benzene rings is 1. The van der Waals surface area contributed by atoms with Crippen LogP contribution in [0.4, 0.5) is 4.79 Å². The maximum Gasteiger partial charge on any atom is 0.435 e. The summed E-state index contributed by atoms with van der Waals surface area (Å²) in [5.41, 5.74) is 1.97. The third-order valence-electron chi connectivity index (χ3n) is 6.00. The van der Waals surface area contributed by atoms with Crippen LogP contribution < -0.4 is 0 Å². The average Bonchev–Trinajstić information content (AvgIpc) is 3.26. The third-order valence-corrected chi connectivity index (χ3v) is 6.67. The van der Waals surface area contributed by atoms with Gasteiger partial charge in [0.05, 0.1) is 5.69 Å². The van der Waals surface area contributed by atoms with Crippen LogP contribution in [0.15, 0.2) is 18.3 Å². The Kier molecular flexibility index (Phi) is 6.16. The summed E-state index contributed by atoms with van der Waals surface area (Å²) in [6.45, 7) is 6.13. The first-order valence-corrected chi connectivity index (χ1v) is 11.6. The molecule has 7 nitrogen and oxygen atoms in total. The van der Waals surface area contributed by atoms with E-state index in [1.165, 1.54) is 16.8 Å². The number of nitrogens with zero attached hydrogens (tertiary/aromatic N) is 3. The van der Waals surface area contributed by atoms with E-state index in [1.54, 1.807) is 6.20 Å².